The van der Waals surface area contributed by atoms with E-state index in [0.29, 0.717) is 6.42 Å². The Morgan fingerprint density at radius 3 is 2.24 bits per heavy atom. The van der Waals surface area contributed by atoms with Crippen LogP contribution < -0.4 is 5.32 Å². The number of hydrogen-bond donors (Lipinski definition) is 1. The Labute approximate surface area is 105 Å². The number of esters is 1. The van der Waals surface area contributed by atoms with E-state index in [4.69, 9.17) is 8.85 Å². The van der Waals surface area contributed by atoms with Gasteiger partial charge in [-0.2, -0.15) is 0 Å². The fourth-order valence-electron chi connectivity index (χ4n) is 1.41. The monoisotopic (exact) mass is 263 g/mol. The topological polar surface area (TPSA) is 56.8 Å². The average Bonchev–Trinajstić information content (AvgIpc) is 2.36. The lowest BCUT2D eigenvalue weighted by molar-refractivity contribution is -0.140. The molecule has 1 N–H and O–H groups in total. The molecule has 0 aromatic carbocycles. The van der Waals surface area contributed by atoms with Crippen LogP contribution in [-0.4, -0.2) is 48.9 Å². The Morgan fingerprint density at radius 2 is 1.71 bits per heavy atom. The quantitative estimate of drug-likeness (QED) is 0.365. The van der Waals surface area contributed by atoms with Crippen molar-refractivity contribution in [2.75, 3.05) is 34.4 Å². The summed E-state index contributed by atoms with van der Waals surface area (Å²) >= 11 is 0. The number of nitrogens with one attached hydrogen (secondary N) is 1. The van der Waals surface area contributed by atoms with E-state index >= 15 is 0 Å². The van der Waals surface area contributed by atoms with E-state index in [1.54, 1.807) is 14.2 Å². The number of methoxy groups -OCH3 is 1. The van der Waals surface area contributed by atoms with Crippen molar-refractivity contribution in [3.63, 3.8) is 0 Å². The van der Waals surface area contributed by atoms with Crippen molar-refractivity contribution in [1.29, 1.82) is 0 Å². The standard InChI is InChI=1S/C11H25NO4Si/c1-14-11(13)7-5-8-12-9-6-10-17(4,15-2)16-3/h12H,5-10H2,1-4H3. The molecule has 0 saturated carbocycles. The summed E-state index contributed by atoms with van der Waals surface area (Å²) in [7, 11) is 2.93. The third-order valence-electron chi connectivity index (χ3n) is 2.81. The van der Waals surface area contributed by atoms with Crippen LogP contribution in [0, 0.1) is 0 Å². The number of rotatable bonds is 10. The van der Waals surface area contributed by atoms with E-state index < -0.39 is 8.56 Å². The molecule has 0 aromatic heterocycles. The number of hydrogen-bond acceptors (Lipinski definition) is 5. The molecule has 0 atom stereocenters. The normalized spacial score (nSPS) is 11.5. The zero-order valence-electron chi connectivity index (χ0n) is 11.4. The van der Waals surface area contributed by atoms with Crippen molar-refractivity contribution in [2.45, 2.75) is 31.9 Å². The minimum atomic E-state index is -1.90. The highest BCUT2D eigenvalue weighted by molar-refractivity contribution is 6.65. The second kappa shape index (κ2) is 9.58. The smallest absolute Gasteiger partial charge is 0.334 e. The first-order valence-corrected chi connectivity index (χ1v) is 8.48. The molecule has 0 spiro atoms. The van der Waals surface area contributed by atoms with E-state index in [1.165, 1.54) is 7.11 Å². The lowest BCUT2D eigenvalue weighted by atomic mass is 10.3. The molecule has 0 amide bonds. The summed E-state index contributed by atoms with van der Waals surface area (Å²) in [4.78, 5) is 10.8. The molecule has 0 unspecified atom stereocenters. The number of carbonyl (C=O) groups is 1. The van der Waals surface area contributed by atoms with E-state index in [2.05, 4.69) is 16.6 Å². The van der Waals surface area contributed by atoms with Crippen molar-refractivity contribution in [1.82, 2.24) is 5.32 Å². The minimum Gasteiger partial charge on any atom is -0.469 e. The van der Waals surface area contributed by atoms with Gasteiger partial charge in [0.2, 0.25) is 0 Å². The molecule has 6 heteroatoms. The molecule has 0 fully saturated rings. The van der Waals surface area contributed by atoms with E-state index in [-0.39, 0.29) is 5.97 Å². The number of ether oxygens (including phenoxy) is 1. The summed E-state index contributed by atoms with van der Waals surface area (Å²) < 4.78 is 15.3. The molecule has 0 heterocycles. The molecule has 0 saturated heterocycles. The highest BCUT2D eigenvalue weighted by Crippen LogP contribution is 2.12. The molecule has 0 aliphatic carbocycles. The second-order valence-electron chi connectivity index (χ2n) is 4.08. The van der Waals surface area contributed by atoms with Gasteiger partial charge in [-0.25, -0.2) is 0 Å². The second-order valence-corrected chi connectivity index (χ2v) is 7.66. The van der Waals surface area contributed by atoms with E-state index in [9.17, 15) is 4.79 Å². The van der Waals surface area contributed by atoms with Crippen LogP contribution in [-0.2, 0) is 18.4 Å². The lowest BCUT2D eigenvalue weighted by Crippen LogP contribution is -2.36. The molecule has 0 aromatic rings. The molecule has 0 aliphatic heterocycles. The minimum absolute atomic E-state index is 0.148. The van der Waals surface area contributed by atoms with Crippen molar-refractivity contribution < 1.29 is 18.4 Å². The highest BCUT2D eigenvalue weighted by Gasteiger charge is 2.27. The zero-order chi connectivity index (χ0) is 13.1. The van der Waals surface area contributed by atoms with Gasteiger partial charge in [0, 0.05) is 20.6 Å². The van der Waals surface area contributed by atoms with Crippen LogP contribution >= 0.6 is 0 Å². The van der Waals surface area contributed by atoms with Crippen molar-refractivity contribution in [3.05, 3.63) is 0 Å². The molecule has 0 rings (SSSR count). The average molecular weight is 263 g/mol. The SMILES string of the molecule is COC(=O)CCCNCCC[Si](C)(OC)OC. The Bertz CT molecular complexity index is 210. The summed E-state index contributed by atoms with van der Waals surface area (Å²) in [5.74, 6) is -0.148. The largest absolute Gasteiger partial charge is 0.469 e. The first kappa shape index (κ1) is 16.6. The number of carbonyl (C=O) groups excluding carboxylic acids is 1. The van der Waals surface area contributed by atoms with Gasteiger partial charge >= 0.3 is 14.5 Å². The van der Waals surface area contributed by atoms with Gasteiger partial charge in [-0.15, -0.1) is 0 Å². The van der Waals surface area contributed by atoms with Crippen molar-refractivity contribution >= 4 is 14.5 Å². The third-order valence-corrected chi connectivity index (χ3v) is 5.80. The fraction of sp³-hybridized carbons (Fsp3) is 0.909. The van der Waals surface area contributed by atoms with Crippen LogP contribution in [0.4, 0.5) is 0 Å². The van der Waals surface area contributed by atoms with Crippen LogP contribution in [0.2, 0.25) is 12.6 Å². The molecule has 0 aliphatic rings. The predicted molar refractivity (Wildman–Crippen MR) is 69.2 cm³/mol. The Morgan fingerprint density at radius 1 is 1.12 bits per heavy atom. The first-order valence-electron chi connectivity index (χ1n) is 5.96. The molecular formula is C11H25NO4Si. The van der Waals surface area contributed by atoms with Gasteiger partial charge in [0.15, 0.2) is 0 Å². The lowest BCUT2D eigenvalue weighted by Gasteiger charge is -2.22. The van der Waals surface area contributed by atoms with Gasteiger partial charge in [0.25, 0.3) is 0 Å². The van der Waals surface area contributed by atoms with Gasteiger partial charge in [-0.3, -0.25) is 4.79 Å². The maximum absolute atomic E-state index is 10.8. The van der Waals surface area contributed by atoms with Gasteiger partial charge in [-0.05, 0) is 38.5 Å². The summed E-state index contributed by atoms with van der Waals surface area (Å²) in [6, 6.07) is 0.976. The summed E-state index contributed by atoms with van der Waals surface area (Å²) in [6.45, 7) is 3.83. The summed E-state index contributed by atoms with van der Waals surface area (Å²) in [5, 5.41) is 3.29. The van der Waals surface area contributed by atoms with Crippen LogP contribution in [0.5, 0.6) is 0 Å². The van der Waals surface area contributed by atoms with Crippen LogP contribution in [0.25, 0.3) is 0 Å². The van der Waals surface area contributed by atoms with Gasteiger partial charge in [0.1, 0.15) is 0 Å². The van der Waals surface area contributed by atoms with Gasteiger partial charge in [-0.1, -0.05) is 0 Å². The van der Waals surface area contributed by atoms with Gasteiger partial charge in [0.05, 0.1) is 7.11 Å². The molecular weight excluding hydrogens is 238 g/mol. The zero-order valence-corrected chi connectivity index (χ0v) is 12.4. The van der Waals surface area contributed by atoms with Crippen molar-refractivity contribution in [2.24, 2.45) is 0 Å². The Kier molecular flexibility index (Phi) is 9.34. The Hall–Kier alpha value is -0.433. The highest BCUT2D eigenvalue weighted by atomic mass is 28.4. The maximum atomic E-state index is 10.8. The van der Waals surface area contributed by atoms with E-state index in [1.807, 2.05) is 0 Å². The van der Waals surface area contributed by atoms with E-state index in [0.717, 1.165) is 32.0 Å². The summed E-state index contributed by atoms with van der Waals surface area (Å²) in [5.41, 5.74) is 0. The van der Waals surface area contributed by atoms with Crippen LogP contribution in [0.1, 0.15) is 19.3 Å². The molecule has 17 heavy (non-hydrogen) atoms. The van der Waals surface area contributed by atoms with Crippen LogP contribution in [0.15, 0.2) is 0 Å². The van der Waals surface area contributed by atoms with Crippen LogP contribution in [0.3, 0.4) is 0 Å². The third kappa shape index (κ3) is 8.31. The van der Waals surface area contributed by atoms with Gasteiger partial charge < -0.3 is 18.9 Å². The molecule has 0 radical (unpaired) electrons. The molecule has 102 valence electrons. The van der Waals surface area contributed by atoms with Crippen molar-refractivity contribution in [3.8, 4) is 0 Å². The molecule has 0 bridgehead atoms. The summed E-state index contributed by atoms with van der Waals surface area (Å²) in [6.07, 6.45) is 2.32. The predicted octanol–water partition coefficient (Wildman–Crippen LogP) is 1.28. The fourth-order valence-corrected chi connectivity index (χ4v) is 2.80. The first-order chi connectivity index (χ1) is 8.08. The maximum Gasteiger partial charge on any atom is 0.334 e. The Balaban J connectivity index is 3.37. The molecule has 5 nitrogen and oxygen atoms in total.